The van der Waals surface area contributed by atoms with Gasteiger partial charge < -0.3 is 5.11 Å². The maximum Gasteiger partial charge on any atom is 0.413 e. The molecule has 0 aliphatic carbocycles. The predicted molar refractivity (Wildman–Crippen MR) is 54.6 cm³/mol. The number of pyridine rings is 1. The van der Waals surface area contributed by atoms with E-state index in [2.05, 4.69) is 4.98 Å². The Balaban J connectivity index is 3.00. The van der Waals surface area contributed by atoms with Gasteiger partial charge in [-0.05, 0) is 32.4 Å². The number of hydrogen-bond donors (Lipinski definition) is 1. The number of aryl methyl sites for hydroxylation is 1. The van der Waals surface area contributed by atoms with E-state index in [4.69, 9.17) is 5.11 Å². The maximum atomic E-state index is 10.9. The molecule has 0 unspecified atom stereocenters. The van der Waals surface area contributed by atoms with Crippen LogP contribution in [0.1, 0.15) is 19.4 Å². The van der Waals surface area contributed by atoms with Crippen LogP contribution in [0.15, 0.2) is 18.3 Å². The molecule has 4 nitrogen and oxygen atoms in total. The Bertz CT molecular complexity index is 319. The van der Waals surface area contributed by atoms with Gasteiger partial charge in [0.25, 0.3) is 0 Å². The molecule has 0 spiro atoms. The second-order valence-corrected chi connectivity index (χ2v) is 3.44. The van der Waals surface area contributed by atoms with Crippen molar-refractivity contribution in [2.24, 2.45) is 0 Å². The van der Waals surface area contributed by atoms with Gasteiger partial charge in [-0.2, -0.15) is 0 Å². The van der Waals surface area contributed by atoms with E-state index in [1.807, 2.05) is 26.8 Å². The molecule has 0 atom stereocenters. The van der Waals surface area contributed by atoms with Crippen molar-refractivity contribution < 1.29 is 9.90 Å². The van der Waals surface area contributed by atoms with Crippen molar-refractivity contribution in [3.05, 3.63) is 23.9 Å². The molecule has 0 saturated carbocycles. The normalized spacial score (nSPS) is 10.3. The summed E-state index contributed by atoms with van der Waals surface area (Å²) in [5.74, 6) is 0.470. The molecule has 1 aromatic heterocycles. The minimum Gasteiger partial charge on any atom is -0.465 e. The highest BCUT2D eigenvalue weighted by atomic mass is 16.4. The summed E-state index contributed by atoms with van der Waals surface area (Å²) in [6.07, 6.45) is 0.685. The number of carboxylic acid groups (broad SMARTS) is 1. The summed E-state index contributed by atoms with van der Waals surface area (Å²) in [6.45, 7) is 5.54. The van der Waals surface area contributed by atoms with Crippen molar-refractivity contribution in [3.8, 4) is 0 Å². The second kappa shape index (κ2) is 4.09. The van der Waals surface area contributed by atoms with Gasteiger partial charge in [0.2, 0.25) is 0 Å². The van der Waals surface area contributed by atoms with Crippen molar-refractivity contribution in [3.63, 3.8) is 0 Å². The smallest absolute Gasteiger partial charge is 0.413 e. The number of rotatable bonds is 2. The largest absolute Gasteiger partial charge is 0.465 e. The van der Waals surface area contributed by atoms with Crippen molar-refractivity contribution in [2.45, 2.75) is 26.8 Å². The van der Waals surface area contributed by atoms with Crippen LogP contribution < -0.4 is 4.90 Å². The van der Waals surface area contributed by atoms with Crippen LogP contribution in [-0.2, 0) is 0 Å². The average molecular weight is 194 g/mol. The van der Waals surface area contributed by atoms with E-state index in [0.717, 1.165) is 5.56 Å². The van der Waals surface area contributed by atoms with E-state index in [1.54, 1.807) is 12.3 Å². The van der Waals surface area contributed by atoms with E-state index in [0.29, 0.717) is 5.82 Å². The van der Waals surface area contributed by atoms with Gasteiger partial charge in [-0.3, -0.25) is 4.90 Å². The summed E-state index contributed by atoms with van der Waals surface area (Å²) < 4.78 is 0. The SMILES string of the molecule is Cc1ccc(N(C(=O)O)C(C)C)nc1. The summed E-state index contributed by atoms with van der Waals surface area (Å²) in [5, 5.41) is 8.95. The lowest BCUT2D eigenvalue weighted by molar-refractivity contribution is 0.200. The van der Waals surface area contributed by atoms with Crippen molar-refractivity contribution in [1.82, 2.24) is 4.98 Å². The molecule has 1 heterocycles. The van der Waals surface area contributed by atoms with Crippen LogP contribution in [0.5, 0.6) is 0 Å². The van der Waals surface area contributed by atoms with Crippen LogP contribution in [-0.4, -0.2) is 22.2 Å². The molecule has 0 aromatic carbocycles. The summed E-state index contributed by atoms with van der Waals surface area (Å²) in [4.78, 5) is 16.2. The molecule has 0 bridgehead atoms. The van der Waals surface area contributed by atoms with Gasteiger partial charge in [0, 0.05) is 12.2 Å². The molecule has 0 fully saturated rings. The number of nitrogens with zero attached hydrogens (tertiary/aromatic N) is 2. The highest BCUT2D eigenvalue weighted by molar-refractivity contribution is 5.85. The molecule has 0 aliphatic heterocycles. The van der Waals surface area contributed by atoms with E-state index >= 15 is 0 Å². The summed E-state index contributed by atoms with van der Waals surface area (Å²) in [6, 6.07) is 3.45. The van der Waals surface area contributed by atoms with Crippen molar-refractivity contribution in [1.29, 1.82) is 0 Å². The summed E-state index contributed by atoms with van der Waals surface area (Å²) in [5.41, 5.74) is 1.02. The molecule has 0 radical (unpaired) electrons. The Labute approximate surface area is 83.2 Å². The molecule has 1 amide bonds. The van der Waals surface area contributed by atoms with E-state index in [-0.39, 0.29) is 6.04 Å². The first-order valence-electron chi connectivity index (χ1n) is 4.47. The topological polar surface area (TPSA) is 53.4 Å². The van der Waals surface area contributed by atoms with Crippen molar-refractivity contribution in [2.75, 3.05) is 4.90 Å². The van der Waals surface area contributed by atoms with Crippen LogP contribution in [0, 0.1) is 6.92 Å². The van der Waals surface area contributed by atoms with Crippen LogP contribution in [0.25, 0.3) is 0 Å². The molecule has 1 N–H and O–H groups in total. The molecule has 1 aromatic rings. The zero-order chi connectivity index (χ0) is 10.7. The molecule has 1 rings (SSSR count). The van der Waals surface area contributed by atoms with Gasteiger partial charge in [-0.1, -0.05) is 6.07 Å². The Morgan fingerprint density at radius 1 is 1.50 bits per heavy atom. The first kappa shape index (κ1) is 10.5. The van der Waals surface area contributed by atoms with Gasteiger partial charge in [-0.15, -0.1) is 0 Å². The molecule has 14 heavy (non-hydrogen) atoms. The van der Waals surface area contributed by atoms with E-state index < -0.39 is 6.09 Å². The maximum absolute atomic E-state index is 10.9. The first-order valence-corrected chi connectivity index (χ1v) is 4.47. The number of hydrogen-bond acceptors (Lipinski definition) is 2. The minimum atomic E-state index is -0.976. The highest BCUT2D eigenvalue weighted by Gasteiger charge is 2.18. The Morgan fingerprint density at radius 2 is 2.14 bits per heavy atom. The number of amides is 1. The van der Waals surface area contributed by atoms with E-state index in [9.17, 15) is 4.79 Å². The van der Waals surface area contributed by atoms with E-state index in [1.165, 1.54) is 4.90 Å². The van der Waals surface area contributed by atoms with Crippen LogP contribution in [0.4, 0.5) is 10.6 Å². The third-order valence-electron chi connectivity index (χ3n) is 1.87. The molecular formula is C10H14N2O2. The molecule has 4 heteroatoms. The third-order valence-corrected chi connectivity index (χ3v) is 1.87. The minimum absolute atomic E-state index is 0.109. The molecule has 0 aliphatic rings. The molecule has 0 saturated heterocycles. The van der Waals surface area contributed by atoms with Gasteiger partial charge in [0.05, 0.1) is 0 Å². The second-order valence-electron chi connectivity index (χ2n) is 3.44. The third kappa shape index (κ3) is 2.22. The summed E-state index contributed by atoms with van der Waals surface area (Å²) >= 11 is 0. The highest BCUT2D eigenvalue weighted by Crippen LogP contribution is 2.14. The standard InChI is InChI=1S/C10H14N2O2/c1-7(2)12(10(13)14)9-5-4-8(3)6-11-9/h4-7H,1-3H3,(H,13,14). The quantitative estimate of drug-likeness (QED) is 0.785. The fourth-order valence-electron chi connectivity index (χ4n) is 1.19. The lowest BCUT2D eigenvalue weighted by Gasteiger charge is -2.22. The number of anilines is 1. The Hall–Kier alpha value is -1.58. The molecular weight excluding hydrogens is 180 g/mol. The van der Waals surface area contributed by atoms with Gasteiger partial charge in [-0.25, -0.2) is 9.78 Å². The van der Waals surface area contributed by atoms with Crippen LogP contribution in [0.3, 0.4) is 0 Å². The lowest BCUT2D eigenvalue weighted by atomic mass is 10.3. The predicted octanol–water partition coefficient (Wildman–Crippen LogP) is 2.28. The molecule has 76 valence electrons. The fourth-order valence-corrected chi connectivity index (χ4v) is 1.19. The van der Waals surface area contributed by atoms with Gasteiger partial charge in [0.15, 0.2) is 0 Å². The van der Waals surface area contributed by atoms with Gasteiger partial charge >= 0.3 is 6.09 Å². The Morgan fingerprint density at radius 3 is 2.50 bits per heavy atom. The zero-order valence-corrected chi connectivity index (χ0v) is 8.56. The fraction of sp³-hybridized carbons (Fsp3) is 0.400. The Kier molecular flexibility index (Phi) is 3.06. The lowest BCUT2D eigenvalue weighted by Crippen LogP contribution is -2.36. The van der Waals surface area contributed by atoms with Crippen LogP contribution in [0.2, 0.25) is 0 Å². The van der Waals surface area contributed by atoms with Gasteiger partial charge in [0.1, 0.15) is 5.82 Å². The van der Waals surface area contributed by atoms with Crippen molar-refractivity contribution >= 4 is 11.9 Å². The zero-order valence-electron chi connectivity index (χ0n) is 8.56. The summed E-state index contributed by atoms with van der Waals surface area (Å²) in [7, 11) is 0. The first-order chi connectivity index (χ1) is 6.52. The number of carbonyl (C=O) groups is 1. The monoisotopic (exact) mass is 194 g/mol. The number of aromatic nitrogens is 1. The average Bonchev–Trinajstić information content (AvgIpc) is 2.07. The van der Waals surface area contributed by atoms with Crippen LogP contribution >= 0.6 is 0 Å².